The smallest absolute Gasteiger partial charge is 0.309 e. The van der Waals surface area contributed by atoms with Crippen molar-refractivity contribution < 1.29 is 23.8 Å². The van der Waals surface area contributed by atoms with Gasteiger partial charge >= 0.3 is 5.97 Å². The molecule has 0 aliphatic carbocycles. The highest BCUT2D eigenvalue weighted by Gasteiger charge is 2.09. The molecule has 0 fully saturated rings. The first kappa shape index (κ1) is 13.7. The lowest BCUT2D eigenvalue weighted by atomic mass is 10.3. The molecule has 0 spiro atoms. The largest absolute Gasteiger partial charge is 0.497 e. The number of methoxy groups -OCH3 is 2. The van der Waals surface area contributed by atoms with Gasteiger partial charge in [-0.1, -0.05) is 0 Å². The Kier molecular flexibility index (Phi) is 4.09. The fraction of sp³-hybridized carbons (Fsp3) is 0.231. The lowest BCUT2D eigenvalue weighted by molar-refractivity contribution is -0.136. The zero-order valence-corrected chi connectivity index (χ0v) is 11.0. The lowest BCUT2D eigenvalue weighted by Gasteiger charge is -2.08. The Balaban J connectivity index is 2.16. The quantitative estimate of drug-likeness (QED) is 0.835. The Morgan fingerprint density at radius 3 is 2.50 bits per heavy atom. The summed E-state index contributed by atoms with van der Waals surface area (Å²) in [6, 6.07) is 5.42. The lowest BCUT2D eigenvalue weighted by Crippen LogP contribution is -2.00. The number of carboxylic acids is 1. The summed E-state index contributed by atoms with van der Waals surface area (Å²) >= 11 is 0. The van der Waals surface area contributed by atoms with Crippen LogP contribution in [-0.2, 0) is 11.2 Å². The predicted octanol–water partition coefficient (Wildman–Crippen LogP) is 2.06. The molecule has 1 aromatic heterocycles. The van der Waals surface area contributed by atoms with Crippen LogP contribution >= 0.6 is 0 Å². The van der Waals surface area contributed by atoms with Gasteiger partial charge in [-0.3, -0.25) is 4.79 Å². The molecule has 0 unspecified atom stereocenters. The van der Waals surface area contributed by atoms with Gasteiger partial charge in [-0.05, 0) is 0 Å². The molecule has 2 aromatic rings. The number of nitrogens with one attached hydrogen (secondary N) is 1. The van der Waals surface area contributed by atoms with Crippen LogP contribution in [0.25, 0.3) is 0 Å². The van der Waals surface area contributed by atoms with Crippen molar-refractivity contribution in [2.24, 2.45) is 0 Å². The van der Waals surface area contributed by atoms with E-state index in [4.69, 9.17) is 19.0 Å². The normalized spacial score (nSPS) is 10.1. The first-order valence-electron chi connectivity index (χ1n) is 5.77. The zero-order chi connectivity index (χ0) is 14.5. The van der Waals surface area contributed by atoms with Gasteiger partial charge in [0.1, 0.15) is 17.8 Å². The second-order valence-corrected chi connectivity index (χ2v) is 3.94. The summed E-state index contributed by atoms with van der Waals surface area (Å²) in [6.07, 6.45) is 1.11. The van der Waals surface area contributed by atoms with Crippen LogP contribution in [0.5, 0.6) is 11.5 Å². The number of aromatic nitrogens is 1. The van der Waals surface area contributed by atoms with E-state index in [1.165, 1.54) is 6.26 Å². The van der Waals surface area contributed by atoms with Crippen LogP contribution in [0.15, 0.2) is 28.9 Å². The van der Waals surface area contributed by atoms with E-state index in [-0.39, 0.29) is 12.4 Å². The summed E-state index contributed by atoms with van der Waals surface area (Å²) in [7, 11) is 3.10. The predicted molar refractivity (Wildman–Crippen MR) is 70.7 cm³/mol. The SMILES string of the molecule is COc1cc(Nc2nc(CC(=O)O)co2)cc(OC)c1. The van der Waals surface area contributed by atoms with E-state index in [9.17, 15) is 4.79 Å². The van der Waals surface area contributed by atoms with Crippen molar-refractivity contribution in [3.8, 4) is 11.5 Å². The maximum atomic E-state index is 10.6. The molecule has 7 nitrogen and oxygen atoms in total. The van der Waals surface area contributed by atoms with Crippen LogP contribution in [0, 0.1) is 0 Å². The molecule has 0 saturated carbocycles. The molecule has 7 heteroatoms. The minimum Gasteiger partial charge on any atom is -0.497 e. The monoisotopic (exact) mass is 278 g/mol. The molecular formula is C13H14N2O5. The summed E-state index contributed by atoms with van der Waals surface area (Å²) in [5.74, 6) is 0.265. The molecule has 0 atom stereocenters. The number of carbonyl (C=O) groups is 1. The van der Waals surface area contributed by atoms with Crippen LogP contribution in [0.4, 0.5) is 11.7 Å². The van der Waals surface area contributed by atoms with Gasteiger partial charge in [0, 0.05) is 23.9 Å². The van der Waals surface area contributed by atoms with Crippen LogP contribution in [-0.4, -0.2) is 30.3 Å². The third kappa shape index (κ3) is 3.41. The van der Waals surface area contributed by atoms with Crippen molar-refractivity contribution >= 4 is 17.7 Å². The number of aliphatic carboxylic acids is 1. The van der Waals surface area contributed by atoms with Gasteiger partial charge in [0.25, 0.3) is 6.01 Å². The summed E-state index contributed by atoms with van der Waals surface area (Å²) in [5, 5.41) is 11.6. The number of benzene rings is 1. The minimum atomic E-state index is -0.965. The molecule has 1 heterocycles. The van der Waals surface area contributed by atoms with E-state index in [1.54, 1.807) is 32.4 Å². The van der Waals surface area contributed by atoms with Gasteiger partial charge in [0.05, 0.1) is 26.3 Å². The van der Waals surface area contributed by atoms with Crippen molar-refractivity contribution in [3.05, 3.63) is 30.2 Å². The number of oxazole rings is 1. The topological polar surface area (TPSA) is 93.8 Å². The molecule has 0 aliphatic rings. The third-order valence-electron chi connectivity index (χ3n) is 2.49. The average molecular weight is 278 g/mol. The third-order valence-corrected chi connectivity index (χ3v) is 2.49. The Bertz CT molecular complexity index is 586. The molecule has 106 valence electrons. The Morgan fingerprint density at radius 2 is 1.95 bits per heavy atom. The molecule has 0 aliphatic heterocycles. The Hall–Kier alpha value is -2.70. The Labute approximate surface area is 115 Å². The van der Waals surface area contributed by atoms with E-state index in [2.05, 4.69) is 10.3 Å². The Morgan fingerprint density at radius 1 is 1.30 bits per heavy atom. The molecule has 2 N–H and O–H groups in total. The number of rotatable bonds is 6. The summed E-state index contributed by atoms with van der Waals surface area (Å²) < 4.78 is 15.4. The van der Waals surface area contributed by atoms with Gasteiger partial charge in [0.2, 0.25) is 0 Å². The highest BCUT2D eigenvalue weighted by molar-refractivity contribution is 5.69. The van der Waals surface area contributed by atoms with Crippen LogP contribution in [0.2, 0.25) is 0 Å². The van der Waals surface area contributed by atoms with Crippen LogP contribution < -0.4 is 14.8 Å². The summed E-state index contributed by atoms with van der Waals surface area (Å²) in [5.41, 5.74) is 1.000. The standard InChI is InChI=1S/C13H14N2O5/c1-18-10-3-8(4-11(6-10)19-2)14-13-15-9(7-20-13)5-12(16)17/h3-4,6-7H,5H2,1-2H3,(H,14,15)(H,16,17). The van der Waals surface area contributed by atoms with Gasteiger partial charge in [-0.15, -0.1) is 0 Å². The van der Waals surface area contributed by atoms with Crippen molar-refractivity contribution in [3.63, 3.8) is 0 Å². The van der Waals surface area contributed by atoms with E-state index in [0.717, 1.165) is 0 Å². The second kappa shape index (κ2) is 5.96. The molecular weight excluding hydrogens is 264 g/mol. The number of nitrogens with zero attached hydrogens (tertiary/aromatic N) is 1. The van der Waals surface area contributed by atoms with Crippen molar-refractivity contribution in [2.45, 2.75) is 6.42 Å². The van der Waals surface area contributed by atoms with Gasteiger partial charge in [-0.25, -0.2) is 0 Å². The van der Waals surface area contributed by atoms with E-state index < -0.39 is 5.97 Å². The highest BCUT2D eigenvalue weighted by atomic mass is 16.5. The van der Waals surface area contributed by atoms with Crippen molar-refractivity contribution in [2.75, 3.05) is 19.5 Å². The minimum absolute atomic E-state index is 0.188. The summed E-state index contributed by atoms with van der Waals surface area (Å²) in [4.78, 5) is 14.6. The van der Waals surface area contributed by atoms with Gasteiger partial charge in [0.15, 0.2) is 0 Å². The fourth-order valence-electron chi connectivity index (χ4n) is 1.60. The molecule has 0 bridgehead atoms. The zero-order valence-electron chi connectivity index (χ0n) is 11.0. The highest BCUT2D eigenvalue weighted by Crippen LogP contribution is 2.27. The number of hydrogen-bond donors (Lipinski definition) is 2. The van der Waals surface area contributed by atoms with Crippen molar-refractivity contribution in [1.29, 1.82) is 0 Å². The summed E-state index contributed by atoms with van der Waals surface area (Å²) in [6.45, 7) is 0. The maximum Gasteiger partial charge on any atom is 0.309 e. The fourth-order valence-corrected chi connectivity index (χ4v) is 1.60. The maximum absolute atomic E-state index is 10.6. The second-order valence-electron chi connectivity index (χ2n) is 3.94. The van der Waals surface area contributed by atoms with Gasteiger partial charge < -0.3 is 24.3 Å². The van der Waals surface area contributed by atoms with Crippen LogP contribution in [0.1, 0.15) is 5.69 Å². The molecule has 0 amide bonds. The molecule has 1 aromatic carbocycles. The van der Waals surface area contributed by atoms with Crippen LogP contribution in [0.3, 0.4) is 0 Å². The molecule has 20 heavy (non-hydrogen) atoms. The average Bonchev–Trinajstić information content (AvgIpc) is 2.84. The first-order valence-corrected chi connectivity index (χ1v) is 5.77. The molecule has 0 saturated heterocycles. The van der Waals surface area contributed by atoms with E-state index in [1.807, 2.05) is 0 Å². The first-order chi connectivity index (χ1) is 9.60. The number of anilines is 2. The number of carboxylic acid groups (broad SMARTS) is 1. The van der Waals surface area contributed by atoms with E-state index in [0.29, 0.717) is 22.9 Å². The van der Waals surface area contributed by atoms with Gasteiger partial charge in [-0.2, -0.15) is 4.98 Å². The molecule has 2 rings (SSSR count). The van der Waals surface area contributed by atoms with Crippen molar-refractivity contribution in [1.82, 2.24) is 4.98 Å². The van der Waals surface area contributed by atoms with E-state index >= 15 is 0 Å². The number of ether oxygens (including phenoxy) is 2. The number of hydrogen-bond acceptors (Lipinski definition) is 6. The molecule has 0 radical (unpaired) electrons.